The Morgan fingerprint density at radius 1 is 1.05 bits per heavy atom. The summed E-state index contributed by atoms with van der Waals surface area (Å²) in [5.41, 5.74) is 3.40. The van der Waals surface area contributed by atoms with E-state index in [0.717, 1.165) is 17.5 Å². The Labute approximate surface area is 131 Å². The average molecular weight is 308 g/mol. The van der Waals surface area contributed by atoms with Crippen LogP contribution in [0.1, 0.15) is 12.5 Å². The van der Waals surface area contributed by atoms with Gasteiger partial charge >= 0.3 is 0 Å². The second-order valence-corrected chi connectivity index (χ2v) is 6.10. The van der Waals surface area contributed by atoms with Crippen molar-refractivity contribution in [2.45, 2.75) is 19.4 Å². The molecule has 0 amide bonds. The van der Waals surface area contributed by atoms with Gasteiger partial charge in [0.05, 0.1) is 10.0 Å². The van der Waals surface area contributed by atoms with E-state index in [4.69, 9.17) is 23.2 Å². The van der Waals surface area contributed by atoms with Crippen LogP contribution in [0.3, 0.4) is 0 Å². The minimum atomic E-state index is 0.500. The number of likely N-dealkylation sites (N-methyl/N-ethyl adjacent to an activating group) is 1. The quantitative estimate of drug-likeness (QED) is 0.754. The molecule has 0 aliphatic carbocycles. The van der Waals surface area contributed by atoms with Crippen LogP contribution in [0.2, 0.25) is 10.0 Å². The molecule has 106 valence electrons. The average Bonchev–Trinajstić information content (AvgIpc) is 2.42. The van der Waals surface area contributed by atoms with Gasteiger partial charge in [0, 0.05) is 11.6 Å². The second-order valence-electron chi connectivity index (χ2n) is 5.32. The highest BCUT2D eigenvalue weighted by atomic mass is 35.5. The van der Waals surface area contributed by atoms with Crippen molar-refractivity contribution in [3.63, 3.8) is 0 Å². The smallest absolute Gasteiger partial charge is 0.0670 e. The molecule has 1 atom stereocenters. The molecular weight excluding hydrogens is 289 g/mol. The van der Waals surface area contributed by atoms with Crippen molar-refractivity contribution in [1.82, 2.24) is 4.90 Å². The molecule has 0 aromatic heterocycles. The van der Waals surface area contributed by atoms with Gasteiger partial charge in [-0.25, -0.2) is 0 Å². The van der Waals surface area contributed by atoms with E-state index in [9.17, 15) is 0 Å². The van der Waals surface area contributed by atoms with Gasteiger partial charge in [-0.05, 0) is 44.6 Å². The first-order chi connectivity index (χ1) is 9.49. The van der Waals surface area contributed by atoms with E-state index in [-0.39, 0.29) is 0 Å². The van der Waals surface area contributed by atoms with Crippen LogP contribution in [0.5, 0.6) is 0 Å². The highest BCUT2D eigenvalue weighted by Gasteiger charge is 2.09. The van der Waals surface area contributed by atoms with Crippen LogP contribution in [0.25, 0.3) is 11.1 Å². The molecule has 2 aromatic carbocycles. The third-order valence-electron chi connectivity index (χ3n) is 3.60. The standard InChI is InChI=1S/C17H19Cl2N/c1-12(20(2)3)10-13-6-4-7-14(11-13)15-8-5-9-16(18)17(15)19/h4-9,11-12H,10H2,1-3H3. The third-order valence-corrected chi connectivity index (χ3v) is 4.42. The zero-order valence-electron chi connectivity index (χ0n) is 12.0. The highest BCUT2D eigenvalue weighted by molar-refractivity contribution is 6.43. The van der Waals surface area contributed by atoms with Gasteiger partial charge in [-0.15, -0.1) is 0 Å². The van der Waals surface area contributed by atoms with Crippen LogP contribution in [0.15, 0.2) is 42.5 Å². The minimum absolute atomic E-state index is 0.500. The molecule has 0 spiro atoms. The van der Waals surface area contributed by atoms with Gasteiger partial charge in [0.1, 0.15) is 0 Å². The highest BCUT2D eigenvalue weighted by Crippen LogP contribution is 2.33. The predicted molar refractivity (Wildman–Crippen MR) is 88.8 cm³/mol. The maximum atomic E-state index is 6.30. The zero-order valence-corrected chi connectivity index (χ0v) is 13.5. The van der Waals surface area contributed by atoms with Crippen molar-refractivity contribution >= 4 is 23.2 Å². The van der Waals surface area contributed by atoms with Crippen LogP contribution in [0, 0.1) is 0 Å². The molecule has 0 N–H and O–H groups in total. The van der Waals surface area contributed by atoms with E-state index in [1.165, 1.54) is 5.56 Å². The Hall–Kier alpha value is -1.02. The summed E-state index contributed by atoms with van der Waals surface area (Å²) >= 11 is 12.4. The van der Waals surface area contributed by atoms with E-state index in [0.29, 0.717) is 16.1 Å². The summed E-state index contributed by atoms with van der Waals surface area (Å²) < 4.78 is 0. The van der Waals surface area contributed by atoms with E-state index < -0.39 is 0 Å². The molecule has 0 aliphatic heterocycles. The summed E-state index contributed by atoms with van der Waals surface area (Å²) in [6, 6.07) is 14.7. The first kappa shape index (κ1) is 15.4. The molecular formula is C17H19Cl2N. The van der Waals surface area contributed by atoms with Crippen molar-refractivity contribution < 1.29 is 0 Å². The van der Waals surface area contributed by atoms with E-state index in [1.54, 1.807) is 0 Å². The lowest BCUT2D eigenvalue weighted by molar-refractivity contribution is 0.312. The fourth-order valence-electron chi connectivity index (χ4n) is 2.12. The van der Waals surface area contributed by atoms with E-state index >= 15 is 0 Å². The molecule has 0 fully saturated rings. The molecule has 20 heavy (non-hydrogen) atoms. The normalized spacial score (nSPS) is 12.7. The Morgan fingerprint density at radius 2 is 1.75 bits per heavy atom. The van der Waals surface area contributed by atoms with Gasteiger partial charge in [-0.3, -0.25) is 0 Å². The molecule has 1 nitrogen and oxygen atoms in total. The van der Waals surface area contributed by atoms with Crippen molar-refractivity contribution in [2.24, 2.45) is 0 Å². The summed E-state index contributed by atoms with van der Waals surface area (Å²) in [6.07, 6.45) is 1.01. The monoisotopic (exact) mass is 307 g/mol. The Kier molecular flexibility index (Phi) is 5.09. The molecule has 3 heteroatoms. The Bertz CT molecular complexity index is 593. The zero-order chi connectivity index (χ0) is 14.7. The molecule has 1 unspecified atom stereocenters. The Morgan fingerprint density at radius 3 is 2.45 bits per heavy atom. The summed E-state index contributed by atoms with van der Waals surface area (Å²) in [7, 11) is 4.20. The van der Waals surface area contributed by atoms with E-state index in [1.807, 2.05) is 18.2 Å². The summed E-state index contributed by atoms with van der Waals surface area (Å²) in [5.74, 6) is 0. The number of nitrogens with zero attached hydrogens (tertiary/aromatic N) is 1. The first-order valence-corrected chi connectivity index (χ1v) is 7.44. The van der Waals surface area contributed by atoms with Crippen LogP contribution in [0.4, 0.5) is 0 Å². The number of hydrogen-bond donors (Lipinski definition) is 0. The SMILES string of the molecule is CC(Cc1cccc(-c2cccc(Cl)c2Cl)c1)N(C)C. The molecule has 0 heterocycles. The van der Waals surface area contributed by atoms with Crippen LogP contribution in [-0.2, 0) is 6.42 Å². The molecule has 0 bridgehead atoms. The lowest BCUT2D eigenvalue weighted by atomic mass is 9.99. The number of hydrogen-bond acceptors (Lipinski definition) is 1. The van der Waals surface area contributed by atoms with Gasteiger partial charge in [0.2, 0.25) is 0 Å². The van der Waals surface area contributed by atoms with Gasteiger partial charge in [-0.2, -0.15) is 0 Å². The molecule has 0 radical (unpaired) electrons. The van der Waals surface area contributed by atoms with Crippen LogP contribution < -0.4 is 0 Å². The predicted octanol–water partition coefficient (Wildman–Crippen LogP) is 5.15. The molecule has 2 aromatic rings. The van der Waals surface area contributed by atoms with Crippen molar-refractivity contribution in [2.75, 3.05) is 14.1 Å². The first-order valence-electron chi connectivity index (χ1n) is 6.69. The topological polar surface area (TPSA) is 3.24 Å². The third kappa shape index (κ3) is 3.54. The van der Waals surface area contributed by atoms with Gasteiger partial charge < -0.3 is 4.90 Å². The van der Waals surface area contributed by atoms with Crippen molar-refractivity contribution in [1.29, 1.82) is 0 Å². The maximum absolute atomic E-state index is 6.30. The largest absolute Gasteiger partial charge is 0.306 e. The maximum Gasteiger partial charge on any atom is 0.0670 e. The Balaban J connectivity index is 2.32. The van der Waals surface area contributed by atoms with Gasteiger partial charge in [0.15, 0.2) is 0 Å². The summed E-state index contributed by atoms with van der Waals surface area (Å²) in [6.45, 7) is 2.22. The van der Waals surface area contributed by atoms with Crippen molar-refractivity contribution in [3.8, 4) is 11.1 Å². The molecule has 0 saturated carbocycles. The minimum Gasteiger partial charge on any atom is -0.306 e. The fourth-order valence-corrected chi connectivity index (χ4v) is 2.53. The van der Waals surface area contributed by atoms with Crippen molar-refractivity contribution in [3.05, 3.63) is 58.1 Å². The number of halogens is 2. The fraction of sp³-hybridized carbons (Fsp3) is 0.294. The van der Waals surface area contributed by atoms with E-state index in [2.05, 4.69) is 50.2 Å². The second kappa shape index (κ2) is 6.62. The van der Waals surface area contributed by atoms with Crippen LogP contribution >= 0.6 is 23.2 Å². The number of rotatable bonds is 4. The lowest BCUT2D eigenvalue weighted by Crippen LogP contribution is -2.26. The van der Waals surface area contributed by atoms with Gasteiger partial charge in [0.25, 0.3) is 0 Å². The summed E-state index contributed by atoms with van der Waals surface area (Å²) in [4.78, 5) is 2.22. The summed E-state index contributed by atoms with van der Waals surface area (Å²) in [5, 5.41) is 1.21. The molecule has 2 rings (SSSR count). The van der Waals surface area contributed by atoms with Crippen LogP contribution in [-0.4, -0.2) is 25.0 Å². The molecule has 0 aliphatic rings. The molecule has 0 saturated heterocycles. The van der Waals surface area contributed by atoms with Gasteiger partial charge in [-0.1, -0.05) is 59.6 Å². The number of benzene rings is 2. The lowest BCUT2D eigenvalue weighted by Gasteiger charge is -2.20.